The zero-order valence-corrected chi connectivity index (χ0v) is 9.25. The van der Waals surface area contributed by atoms with Crippen molar-refractivity contribution in [1.82, 2.24) is 0 Å². The monoisotopic (exact) mass is 202 g/mol. The molecule has 0 spiro atoms. The lowest BCUT2D eigenvalue weighted by atomic mass is 9.85. The molecule has 0 N–H and O–H groups in total. The number of carbonyl (C=O) groups is 1. The van der Waals surface area contributed by atoms with Gasteiger partial charge in [-0.2, -0.15) is 0 Å². The van der Waals surface area contributed by atoms with Crippen LogP contribution in [-0.2, 0) is 19.0 Å². The van der Waals surface area contributed by atoms with Crippen LogP contribution >= 0.6 is 0 Å². The van der Waals surface area contributed by atoms with Crippen LogP contribution in [0.15, 0.2) is 0 Å². The van der Waals surface area contributed by atoms with Gasteiger partial charge in [0.2, 0.25) is 5.79 Å². The van der Waals surface area contributed by atoms with Gasteiger partial charge in [-0.15, -0.1) is 0 Å². The minimum atomic E-state index is -0.945. The molecule has 4 heteroatoms. The van der Waals surface area contributed by atoms with Gasteiger partial charge < -0.3 is 14.2 Å². The smallest absolute Gasteiger partial charge is 0.229 e. The molecule has 1 atom stereocenters. The Labute approximate surface area is 84.5 Å². The summed E-state index contributed by atoms with van der Waals surface area (Å²) in [5.74, 6) is -0.937. The second kappa shape index (κ2) is 3.96. The third-order valence-corrected chi connectivity index (χ3v) is 2.70. The Morgan fingerprint density at radius 3 is 2.07 bits per heavy atom. The van der Waals surface area contributed by atoms with Crippen LogP contribution in [0.25, 0.3) is 0 Å². The van der Waals surface area contributed by atoms with Gasteiger partial charge >= 0.3 is 0 Å². The summed E-state index contributed by atoms with van der Waals surface area (Å²) in [4.78, 5) is 11.4. The Morgan fingerprint density at radius 2 is 1.86 bits per heavy atom. The van der Waals surface area contributed by atoms with E-state index >= 15 is 0 Å². The molecule has 1 fully saturated rings. The van der Waals surface area contributed by atoms with Crippen LogP contribution in [0.4, 0.5) is 0 Å². The maximum absolute atomic E-state index is 11.4. The summed E-state index contributed by atoms with van der Waals surface area (Å²) < 4.78 is 16.3. The Hall–Kier alpha value is -0.450. The average molecular weight is 202 g/mol. The molecule has 1 aliphatic heterocycles. The molecule has 0 bridgehead atoms. The Morgan fingerprint density at radius 1 is 1.36 bits per heavy atom. The van der Waals surface area contributed by atoms with E-state index in [0.717, 1.165) is 0 Å². The van der Waals surface area contributed by atoms with Crippen LogP contribution in [0, 0.1) is 0 Å². The molecule has 0 aromatic carbocycles. The van der Waals surface area contributed by atoms with E-state index in [9.17, 15) is 4.79 Å². The average Bonchev–Trinajstić information content (AvgIpc) is 2.14. The quantitative estimate of drug-likeness (QED) is 0.627. The van der Waals surface area contributed by atoms with Crippen LogP contribution < -0.4 is 0 Å². The van der Waals surface area contributed by atoms with Crippen molar-refractivity contribution in [2.45, 2.75) is 39.1 Å². The van der Waals surface area contributed by atoms with E-state index in [-0.39, 0.29) is 5.78 Å². The van der Waals surface area contributed by atoms with Gasteiger partial charge in [0.25, 0.3) is 0 Å². The molecule has 14 heavy (non-hydrogen) atoms. The molecule has 1 heterocycles. The molecule has 4 nitrogen and oxygen atoms in total. The predicted octanol–water partition coefficient (Wildman–Crippen LogP) is 1.13. The number of hydrogen-bond donors (Lipinski definition) is 0. The Kier molecular flexibility index (Phi) is 3.29. The molecule has 0 radical (unpaired) electrons. The fourth-order valence-corrected chi connectivity index (χ4v) is 1.64. The van der Waals surface area contributed by atoms with Crippen molar-refractivity contribution in [1.29, 1.82) is 0 Å². The summed E-state index contributed by atoms with van der Waals surface area (Å²) >= 11 is 0. The van der Waals surface area contributed by atoms with Crippen molar-refractivity contribution in [3.8, 4) is 0 Å². The number of ether oxygens (including phenoxy) is 3. The normalized spacial score (nSPS) is 29.7. The summed E-state index contributed by atoms with van der Waals surface area (Å²) in [6.45, 7) is 8.29. The van der Waals surface area contributed by atoms with Gasteiger partial charge in [0.1, 0.15) is 6.61 Å². The first-order valence-electron chi connectivity index (χ1n) is 4.95. The fraction of sp³-hybridized carbons (Fsp3) is 0.900. The van der Waals surface area contributed by atoms with Gasteiger partial charge in [-0.3, -0.25) is 4.79 Å². The second-order valence-corrected chi connectivity index (χ2v) is 3.50. The Bertz CT molecular complexity index is 220. The van der Waals surface area contributed by atoms with Crippen molar-refractivity contribution < 1.29 is 19.0 Å². The first-order valence-corrected chi connectivity index (χ1v) is 4.95. The first kappa shape index (κ1) is 11.6. The predicted molar refractivity (Wildman–Crippen MR) is 51.0 cm³/mol. The highest BCUT2D eigenvalue weighted by Crippen LogP contribution is 2.41. The summed E-state index contributed by atoms with van der Waals surface area (Å²) in [5, 5.41) is 0. The van der Waals surface area contributed by atoms with E-state index in [1.54, 1.807) is 6.92 Å². The topological polar surface area (TPSA) is 44.8 Å². The molecule has 0 aromatic heterocycles. The van der Waals surface area contributed by atoms with Crippen molar-refractivity contribution in [3.63, 3.8) is 0 Å². The van der Waals surface area contributed by atoms with Gasteiger partial charge in [0.15, 0.2) is 11.4 Å². The standard InChI is InChI=1S/C10H18O4/c1-5-12-10(13-6-2)7-14-9(10,4)8(3)11/h5-7H2,1-4H3. The number of carbonyl (C=O) groups excluding carboxylic acids is 1. The van der Waals surface area contributed by atoms with Crippen LogP contribution in [0.5, 0.6) is 0 Å². The van der Waals surface area contributed by atoms with E-state index in [2.05, 4.69) is 0 Å². The summed E-state index contributed by atoms with van der Waals surface area (Å²) in [6, 6.07) is 0. The van der Waals surface area contributed by atoms with Gasteiger partial charge in [0, 0.05) is 13.2 Å². The molecular formula is C10H18O4. The molecular weight excluding hydrogens is 184 g/mol. The third-order valence-electron chi connectivity index (χ3n) is 2.70. The highest BCUT2D eigenvalue weighted by Gasteiger charge is 2.63. The van der Waals surface area contributed by atoms with Crippen molar-refractivity contribution in [3.05, 3.63) is 0 Å². The maximum atomic E-state index is 11.4. The summed E-state index contributed by atoms with van der Waals surface area (Å²) in [5.41, 5.74) is -0.945. The first-order chi connectivity index (χ1) is 6.52. The lowest BCUT2D eigenvalue weighted by molar-refractivity contribution is -0.401. The summed E-state index contributed by atoms with van der Waals surface area (Å²) in [7, 11) is 0. The van der Waals surface area contributed by atoms with E-state index in [1.165, 1.54) is 6.92 Å². The lowest BCUT2D eigenvalue weighted by Gasteiger charge is -2.53. The van der Waals surface area contributed by atoms with Crippen molar-refractivity contribution in [2.24, 2.45) is 0 Å². The summed E-state index contributed by atoms with van der Waals surface area (Å²) in [6.07, 6.45) is 0. The molecule has 0 amide bonds. The molecule has 0 aliphatic carbocycles. The molecule has 82 valence electrons. The largest absolute Gasteiger partial charge is 0.356 e. The highest BCUT2D eigenvalue weighted by atomic mass is 16.8. The molecule has 1 rings (SSSR count). The van der Waals surface area contributed by atoms with Crippen LogP contribution in [0.1, 0.15) is 27.7 Å². The maximum Gasteiger partial charge on any atom is 0.229 e. The van der Waals surface area contributed by atoms with Gasteiger partial charge in [-0.25, -0.2) is 0 Å². The van der Waals surface area contributed by atoms with E-state index in [4.69, 9.17) is 14.2 Å². The number of hydrogen-bond acceptors (Lipinski definition) is 4. The molecule has 0 aromatic rings. The highest BCUT2D eigenvalue weighted by molar-refractivity contribution is 5.86. The molecule has 1 unspecified atom stereocenters. The van der Waals surface area contributed by atoms with Crippen LogP contribution in [0.2, 0.25) is 0 Å². The van der Waals surface area contributed by atoms with Crippen molar-refractivity contribution in [2.75, 3.05) is 19.8 Å². The number of rotatable bonds is 5. The van der Waals surface area contributed by atoms with E-state index < -0.39 is 11.4 Å². The minimum Gasteiger partial charge on any atom is -0.356 e. The lowest BCUT2D eigenvalue weighted by Crippen LogP contribution is -2.72. The van der Waals surface area contributed by atoms with Crippen LogP contribution in [0.3, 0.4) is 0 Å². The number of ketones is 1. The van der Waals surface area contributed by atoms with Gasteiger partial charge in [-0.1, -0.05) is 0 Å². The molecule has 0 saturated carbocycles. The SMILES string of the molecule is CCOC1(OCC)COC1(C)C(C)=O. The van der Waals surface area contributed by atoms with Crippen molar-refractivity contribution >= 4 is 5.78 Å². The van der Waals surface area contributed by atoms with Gasteiger partial charge in [-0.05, 0) is 27.7 Å². The van der Waals surface area contributed by atoms with Gasteiger partial charge in [0.05, 0.1) is 0 Å². The fourth-order valence-electron chi connectivity index (χ4n) is 1.64. The number of Topliss-reactive ketones (excluding diaryl/α,β-unsaturated/α-hetero) is 1. The molecule has 1 saturated heterocycles. The third kappa shape index (κ3) is 1.47. The van der Waals surface area contributed by atoms with E-state index in [0.29, 0.717) is 19.8 Å². The second-order valence-electron chi connectivity index (χ2n) is 3.50. The zero-order valence-electron chi connectivity index (χ0n) is 9.25. The zero-order chi connectivity index (χ0) is 10.8. The molecule has 1 aliphatic rings. The Balaban J connectivity index is 2.83. The van der Waals surface area contributed by atoms with E-state index in [1.807, 2.05) is 13.8 Å². The minimum absolute atomic E-state index is 0.0642. The van der Waals surface area contributed by atoms with Crippen LogP contribution in [-0.4, -0.2) is 37.0 Å².